The van der Waals surface area contributed by atoms with E-state index in [1.807, 2.05) is 6.07 Å². The molecule has 0 bridgehead atoms. The maximum absolute atomic E-state index is 14.9. The normalized spacial score (nSPS) is 32.2. The summed E-state index contributed by atoms with van der Waals surface area (Å²) >= 11 is 12.7. The zero-order chi connectivity index (χ0) is 28.4. The molecule has 0 radical (unpaired) electrons. The highest BCUT2D eigenvalue weighted by Gasteiger charge is 2.72. The zero-order valence-corrected chi connectivity index (χ0v) is 24.3. The van der Waals surface area contributed by atoms with E-state index in [1.54, 1.807) is 18.2 Å². The van der Waals surface area contributed by atoms with E-state index in [4.69, 9.17) is 23.2 Å². The molecule has 2 aliphatic heterocycles. The summed E-state index contributed by atoms with van der Waals surface area (Å²) in [4.78, 5) is 28.7. The van der Waals surface area contributed by atoms with Crippen LogP contribution in [0, 0.1) is 11.2 Å². The van der Waals surface area contributed by atoms with Gasteiger partial charge in [-0.05, 0) is 98.2 Å². The molecule has 40 heavy (non-hydrogen) atoms. The maximum atomic E-state index is 14.9. The molecule has 2 aromatic rings. The smallest absolute Gasteiger partial charge is 0.238 e. The van der Waals surface area contributed by atoms with Gasteiger partial charge in [-0.15, -0.1) is 0 Å². The van der Waals surface area contributed by atoms with Gasteiger partial charge in [0.1, 0.15) is 11.2 Å². The molecule has 2 heterocycles. The molecule has 0 aromatic heterocycles. The van der Waals surface area contributed by atoms with Crippen LogP contribution in [0.1, 0.15) is 82.3 Å². The van der Waals surface area contributed by atoms with Crippen molar-refractivity contribution in [3.8, 4) is 0 Å². The molecule has 3 fully saturated rings. The average Bonchev–Trinajstić information content (AvgIpc) is 3.34. The van der Waals surface area contributed by atoms with Crippen molar-refractivity contribution in [3.63, 3.8) is 0 Å². The quantitative estimate of drug-likeness (QED) is 0.363. The monoisotopic (exact) mass is 587 g/mol. The first-order valence-corrected chi connectivity index (χ1v) is 15.0. The molecule has 6 nitrogen and oxygen atoms in total. The fourth-order valence-corrected chi connectivity index (χ4v) is 8.35. The van der Waals surface area contributed by atoms with Gasteiger partial charge in [-0.2, -0.15) is 0 Å². The molecule has 214 valence electrons. The van der Waals surface area contributed by atoms with Gasteiger partial charge in [-0.1, -0.05) is 43.1 Å². The van der Waals surface area contributed by atoms with Crippen molar-refractivity contribution < 1.29 is 19.1 Å². The number of hydrogen-bond donors (Lipinski definition) is 4. The molecule has 4 aliphatic rings. The van der Waals surface area contributed by atoms with Gasteiger partial charge >= 0.3 is 0 Å². The summed E-state index contributed by atoms with van der Waals surface area (Å²) in [6.07, 6.45) is 5.36. The van der Waals surface area contributed by atoms with Gasteiger partial charge in [0.25, 0.3) is 0 Å². The van der Waals surface area contributed by atoms with Gasteiger partial charge in [0.15, 0.2) is 0 Å². The Bertz CT molecular complexity index is 1330. The average molecular weight is 589 g/mol. The summed E-state index contributed by atoms with van der Waals surface area (Å²) in [6, 6.07) is 8.86. The van der Waals surface area contributed by atoms with Crippen molar-refractivity contribution in [3.05, 3.63) is 63.4 Å². The lowest BCUT2D eigenvalue weighted by Crippen LogP contribution is -2.61. The Balaban J connectivity index is 1.53. The number of hydrogen-bond acceptors (Lipinski definition) is 4. The number of halogens is 3. The highest BCUT2D eigenvalue weighted by Crippen LogP contribution is 2.63. The topological polar surface area (TPSA) is 90.5 Å². The summed E-state index contributed by atoms with van der Waals surface area (Å²) in [5.74, 6) is -1.67. The van der Waals surface area contributed by atoms with E-state index in [-0.39, 0.29) is 34.4 Å². The van der Waals surface area contributed by atoms with Crippen LogP contribution in [-0.4, -0.2) is 40.6 Å². The molecular weight excluding hydrogens is 552 g/mol. The molecule has 2 aromatic carbocycles. The summed E-state index contributed by atoms with van der Waals surface area (Å²) in [7, 11) is 0. The minimum atomic E-state index is -1.19. The maximum Gasteiger partial charge on any atom is 0.238 e. The Hall–Kier alpha value is -2.19. The van der Waals surface area contributed by atoms with Crippen LogP contribution in [0.5, 0.6) is 0 Å². The molecule has 0 unspecified atom stereocenters. The van der Waals surface area contributed by atoms with E-state index < -0.39 is 28.7 Å². The molecule has 2 amide bonds. The molecular formula is C31H36Cl2FN3O3. The lowest BCUT2D eigenvalue weighted by Gasteiger charge is -2.50. The van der Waals surface area contributed by atoms with Crippen LogP contribution < -0.4 is 16.0 Å². The molecule has 2 aliphatic carbocycles. The van der Waals surface area contributed by atoms with Crippen LogP contribution in [0.15, 0.2) is 36.4 Å². The van der Waals surface area contributed by atoms with Crippen molar-refractivity contribution >= 4 is 40.7 Å². The highest BCUT2D eigenvalue weighted by molar-refractivity contribution is 6.31. The number of rotatable bonds is 3. The van der Waals surface area contributed by atoms with E-state index in [2.05, 4.69) is 29.8 Å². The number of carbonyl (C=O) groups excluding carboxylic acids is 2. The standard InChI is InChI=1S/C31H36Cl2FN3O3/c1-29(2)9-11-30(12-10-29)31(23-8-3-18(32)16-24(23)36-28(31)40)25(17-13-19(33)15-20(34)14-17)26(37-30)27(39)35-21-4-6-22(38)7-5-21/h3,8,13-16,21-22,25-26,37-38H,4-7,9-12H2,1-2H3,(H,35,39)(H,36,40)/t21?,22?,25-,26+,31+/m0/s1. The predicted molar refractivity (Wildman–Crippen MR) is 154 cm³/mol. The van der Waals surface area contributed by atoms with E-state index >= 15 is 0 Å². The van der Waals surface area contributed by atoms with Crippen LogP contribution >= 0.6 is 23.2 Å². The van der Waals surface area contributed by atoms with Crippen LogP contribution in [-0.2, 0) is 15.0 Å². The largest absolute Gasteiger partial charge is 0.393 e. The molecule has 6 rings (SSSR count). The first-order valence-electron chi connectivity index (χ1n) is 14.3. The van der Waals surface area contributed by atoms with Crippen molar-refractivity contribution in [2.75, 3.05) is 5.32 Å². The van der Waals surface area contributed by atoms with Crippen LogP contribution in [0.2, 0.25) is 10.0 Å². The molecule has 1 saturated heterocycles. The number of fused-ring (bicyclic) bond motifs is 3. The third kappa shape index (κ3) is 4.44. The second kappa shape index (κ2) is 9.97. The number of aliphatic hydroxyl groups excluding tert-OH is 1. The van der Waals surface area contributed by atoms with E-state index in [0.717, 1.165) is 18.4 Å². The summed E-state index contributed by atoms with van der Waals surface area (Å²) in [5.41, 5.74) is 0.0587. The number of anilines is 1. The highest BCUT2D eigenvalue weighted by atomic mass is 35.5. The van der Waals surface area contributed by atoms with Gasteiger partial charge in [0, 0.05) is 33.2 Å². The number of benzene rings is 2. The predicted octanol–water partition coefficient (Wildman–Crippen LogP) is 5.84. The Kier molecular flexibility index (Phi) is 6.97. The number of amides is 2. The third-order valence-corrected chi connectivity index (χ3v) is 10.5. The van der Waals surface area contributed by atoms with Gasteiger partial charge in [-0.25, -0.2) is 4.39 Å². The van der Waals surface area contributed by atoms with Crippen molar-refractivity contribution in [1.29, 1.82) is 0 Å². The minimum absolute atomic E-state index is 0.0734. The molecule has 2 saturated carbocycles. The first kappa shape index (κ1) is 28.0. The number of nitrogens with one attached hydrogen (secondary N) is 3. The lowest BCUT2D eigenvalue weighted by molar-refractivity contribution is -0.125. The van der Waals surface area contributed by atoms with Gasteiger partial charge in [-0.3, -0.25) is 14.9 Å². The Morgan fingerprint density at radius 2 is 1.70 bits per heavy atom. The zero-order valence-electron chi connectivity index (χ0n) is 22.8. The summed E-state index contributed by atoms with van der Waals surface area (Å²) in [5, 5.41) is 20.7. The van der Waals surface area contributed by atoms with Crippen molar-refractivity contribution in [2.24, 2.45) is 5.41 Å². The Morgan fingerprint density at radius 3 is 2.38 bits per heavy atom. The van der Waals surface area contributed by atoms with Crippen LogP contribution in [0.3, 0.4) is 0 Å². The van der Waals surface area contributed by atoms with E-state index in [1.165, 1.54) is 12.1 Å². The second-order valence-corrected chi connectivity index (χ2v) is 13.9. The van der Waals surface area contributed by atoms with Crippen LogP contribution in [0.4, 0.5) is 10.1 Å². The van der Waals surface area contributed by atoms with Crippen LogP contribution in [0.25, 0.3) is 0 Å². The third-order valence-electron chi connectivity index (χ3n) is 10.0. The first-order chi connectivity index (χ1) is 18.9. The molecule has 3 atom stereocenters. The molecule has 2 spiro atoms. The van der Waals surface area contributed by atoms with Crippen molar-refractivity contribution in [2.45, 2.75) is 100 Å². The Labute approximate surface area is 244 Å². The van der Waals surface area contributed by atoms with Gasteiger partial charge in [0.05, 0.1) is 12.1 Å². The van der Waals surface area contributed by atoms with E-state index in [0.29, 0.717) is 54.8 Å². The fourth-order valence-electron chi connectivity index (χ4n) is 7.95. The minimum Gasteiger partial charge on any atom is -0.393 e. The molecule has 4 N–H and O–H groups in total. The SMILES string of the molecule is CC1(C)CCC2(CC1)N[C@@H](C(=O)NC1CCC(O)CC1)[C@H](c1cc(F)cc(Cl)c1)[C@]21C(=O)Nc2cc(Cl)ccc21. The summed E-state index contributed by atoms with van der Waals surface area (Å²) < 4.78 is 14.9. The lowest BCUT2D eigenvalue weighted by atomic mass is 9.53. The van der Waals surface area contributed by atoms with E-state index in [9.17, 15) is 19.1 Å². The number of aliphatic hydroxyl groups is 1. The number of carbonyl (C=O) groups is 2. The van der Waals surface area contributed by atoms with Crippen molar-refractivity contribution in [1.82, 2.24) is 10.6 Å². The fraction of sp³-hybridized carbons (Fsp3) is 0.548. The summed E-state index contributed by atoms with van der Waals surface area (Å²) in [6.45, 7) is 4.46. The Morgan fingerprint density at radius 1 is 1.00 bits per heavy atom. The molecule has 9 heteroatoms. The second-order valence-electron chi connectivity index (χ2n) is 13.0. The van der Waals surface area contributed by atoms with Gasteiger partial charge < -0.3 is 15.7 Å². The van der Waals surface area contributed by atoms with Gasteiger partial charge in [0.2, 0.25) is 11.8 Å².